The molecule has 0 aliphatic carbocycles. The molecule has 3 amide bonds. The van der Waals surface area contributed by atoms with Gasteiger partial charge in [0.15, 0.2) is 0 Å². The number of amides is 3. The van der Waals surface area contributed by atoms with Crippen molar-refractivity contribution in [3.63, 3.8) is 0 Å². The van der Waals surface area contributed by atoms with Gasteiger partial charge in [-0.2, -0.15) is 0 Å². The number of rotatable bonds is 13. The van der Waals surface area contributed by atoms with Crippen LogP contribution in [0.5, 0.6) is 0 Å². The van der Waals surface area contributed by atoms with E-state index < -0.39 is 49.0 Å². The van der Waals surface area contributed by atoms with Crippen molar-refractivity contribution < 1.29 is 34.3 Å². The average Bonchev–Trinajstić information content (AvgIpc) is 2.91. The molecule has 38 heavy (non-hydrogen) atoms. The van der Waals surface area contributed by atoms with Crippen molar-refractivity contribution in [1.29, 1.82) is 0 Å². The topological polar surface area (TPSA) is 184 Å². The quantitative estimate of drug-likeness (QED) is 0.0941. The number of ether oxygens (including phenoxy) is 1. The van der Waals surface area contributed by atoms with Gasteiger partial charge in [-0.15, -0.1) is 0 Å². The number of benzene rings is 2. The van der Waals surface area contributed by atoms with Crippen LogP contribution < -0.4 is 31.8 Å². The predicted molar refractivity (Wildman–Crippen MR) is 140 cm³/mol. The van der Waals surface area contributed by atoms with Gasteiger partial charge in [-0.3, -0.25) is 19.4 Å². The molecular weight excluding hydrogens is 493 g/mol. The zero-order valence-corrected chi connectivity index (χ0v) is 21.5. The zero-order valence-electron chi connectivity index (χ0n) is 21.5. The van der Waals surface area contributed by atoms with E-state index >= 15 is 0 Å². The van der Waals surface area contributed by atoms with Crippen molar-refractivity contribution in [3.8, 4) is 0 Å². The number of hydrogen-bond acceptors (Lipinski definition) is 9. The Morgan fingerprint density at radius 3 is 2.29 bits per heavy atom. The van der Waals surface area contributed by atoms with Gasteiger partial charge in [0.05, 0.1) is 0 Å². The molecule has 0 aromatic heterocycles. The molecule has 0 fully saturated rings. The normalized spacial score (nSPS) is 13.6. The molecule has 0 aliphatic heterocycles. The fourth-order valence-electron chi connectivity index (χ4n) is 3.37. The molecule has 0 saturated heterocycles. The fraction of sp³-hybridized carbons (Fsp3) is 0.360. The largest absolute Gasteiger partial charge is 0.596 e. The number of carbonyl (C=O) groups excluding carboxylic acids is 3. The maximum absolute atomic E-state index is 12.9. The van der Waals surface area contributed by atoms with Gasteiger partial charge in [0.1, 0.15) is 24.2 Å². The molecule has 0 bridgehead atoms. The van der Waals surface area contributed by atoms with Gasteiger partial charge in [0.2, 0.25) is 17.7 Å². The molecule has 204 valence electrons. The van der Waals surface area contributed by atoms with Gasteiger partial charge in [0, 0.05) is 26.7 Å². The highest BCUT2D eigenvalue weighted by atomic mass is 16.6. The van der Waals surface area contributed by atoms with E-state index in [1.807, 2.05) is 6.07 Å². The molecule has 0 aliphatic rings. The second kappa shape index (κ2) is 15.3. The van der Waals surface area contributed by atoms with E-state index in [0.29, 0.717) is 11.0 Å². The van der Waals surface area contributed by atoms with E-state index in [9.17, 15) is 29.5 Å². The van der Waals surface area contributed by atoms with Gasteiger partial charge in [0.25, 0.3) is 0 Å². The Hall–Kier alpha value is -3.94. The minimum atomic E-state index is -1.68. The first-order valence-electron chi connectivity index (χ1n) is 12.0. The van der Waals surface area contributed by atoms with Crippen LogP contribution in [0.3, 0.4) is 0 Å². The summed E-state index contributed by atoms with van der Waals surface area (Å²) in [6.45, 7) is 2.95. The van der Waals surface area contributed by atoms with Crippen LogP contribution in [-0.2, 0) is 32.3 Å². The zero-order chi connectivity index (χ0) is 28.1. The first-order valence-corrected chi connectivity index (χ1v) is 12.0. The molecule has 0 radical (unpaired) electrons. The summed E-state index contributed by atoms with van der Waals surface area (Å²) in [7, 11) is -0.247. The van der Waals surface area contributed by atoms with E-state index in [0.717, 1.165) is 5.56 Å². The Balaban J connectivity index is 2.05. The Morgan fingerprint density at radius 2 is 1.63 bits per heavy atom. The molecular formula is C25H33BN5O7-. The maximum Gasteiger partial charge on any atom is 0.488 e. The van der Waals surface area contributed by atoms with Gasteiger partial charge in [-0.05, 0) is 30.4 Å². The Bertz CT molecular complexity index is 1100. The van der Waals surface area contributed by atoms with Crippen LogP contribution >= 0.6 is 0 Å². The molecule has 2 aromatic rings. The third kappa shape index (κ3) is 9.84. The second-order valence-corrected chi connectivity index (χ2v) is 8.45. The van der Waals surface area contributed by atoms with Crippen LogP contribution in [0.2, 0.25) is 0 Å². The molecule has 13 heteroatoms. The lowest BCUT2D eigenvalue weighted by Crippen LogP contribution is -2.56. The van der Waals surface area contributed by atoms with Gasteiger partial charge < -0.3 is 41.2 Å². The smallest absolute Gasteiger partial charge is 0.488 e. The summed E-state index contributed by atoms with van der Waals surface area (Å²) in [5.41, 5.74) is 1.63. The molecule has 3 atom stereocenters. The number of nitrogens with zero attached hydrogens (tertiary/aromatic N) is 1. The number of nitrogens with one attached hydrogen (secondary N) is 4. The van der Waals surface area contributed by atoms with Crippen molar-refractivity contribution >= 4 is 36.4 Å². The highest BCUT2D eigenvalue weighted by Crippen LogP contribution is 2.02. The van der Waals surface area contributed by atoms with E-state index in [2.05, 4.69) is 26.3 Å². The van der Waals surface area contributed by atoms with Gasteiger partial charge in [-0.1, -0.05) is 54.6 Å². The second-order valence-electron chi connectivity index (χ2n) is 8.45. The number of likely N-dealkylation sites (N-methyl/N-ethyl adjacent to an activating group) is 1. The van der Waals surface area contributed by atoms with E-state index in [-0.39, 0.29) is 19.7 Å². The van der Waals surface area contributed by atoms with Crippen LogP contribution in [-0.4, -0.2) is 72.7 Å². The van der Waals surface area contributed by atoms with Crippen molar-refractivity contribution in [3.05, 3.63) is 65.7 Å². The van der Waals surface area contributed by atoms with Crippen molar-refractivity contribution in [2.45, 2.75) is 45.1 Å². The van der Waals surface area contributed by atoms with Crippen LogP contribution in [0.15, 0.2) is 59.6 Å². The summed E-state index contributed by atoms with van der Waals surface area (Å²) < 4.78 is 5.07. The molecule has 12 nitrogen and oxygen atoms in total. The molecule has 3 unspecified atom stereocenters. The maximum atomic E-state index is 12.9. The first-order chi connectivity index (χ1) is 18.1. The van der Waals surface area contributed by atoms with Gasteiger partial charge in [-0.25, -0.2) is 0 Å². The standard InChI is InChI=1S/C25H34BN5O7/c1-16(22(32)27-3)29-24(34)21(14-28-13-19-11-7-8-12-20(19)26(36)37)31-23(33)17(2)30-25(35)38-15-18-9-5-4-6-10-18/h4-12,16-17,21,28,36-37H,13-15H2,1-3H3,(H,27,32)(H,29,34)(H,30,35)(H,31,33)/p-1. The first kappa shape index (κ1) is 30.3. The highest BCUT2D eigenvalue weighted by Gasteiger charge is 2.26. The summed E-state index contributed by atoms with van der Waals surface area (Å²) in [6, 6.07) is 12.4. The molecule has 0 heterocycles. The Kier molecular flexibility index (Phi) is 12.2. The lowest BCUT2D eigenvalue weighted by atomic mass is 9.77. The summed E-state index contributed by atoms with van der Waals surface area (Å²) in [4.78, 5) is 41.2. The van der Waals surface area contributed by atoms with Crippen LogP contribution in [0, 0.1) is 0 Å². The predicted octanol–water partition coefficient (Wildman–Crippen LogP) is -2.49. The summed E-state index contributed by atoms with van der Waals surface area (Å²) >= 11 is 0. The van der Waals surface area contributed by atoms with Crippen LogP contribution in [0.4, 0.5) is 0 Å². The number of aliphatic imine (C=N–C) groups is 1. The molecule has 6 N–H and O–H groups in total. The van der Waals surface area contributed by atoms with Crippen molar-refractivity contribution in [2.75, 3.05) is 13.6 Å². The molecule has 0 spiro atoms. The third-order valence-corrected chi connectivity index (χ3v) is 5.51. The van der Waals surface area contributed by atoms with E-state index in [1.165, 1.54) is 20.9 Å². The van der Waals surface area contributed by atoms with E-state index in [4.69, 9.17) is 4.74 Å². The Morgan fingerprint density at radius 1 is 0.974 bits per heavy atom. The molecule has 2 rings (SSSR count). The van der Waals surface area contributed by atoms with Crippen LogP contribution in [0.1, 0.15) is 25.0 Å². The van der Waals surface area contributed by atoms with Crippen LogP contribution in [0.25, 0.3) is 0 Å². The molecule has 2 aromatic carbocycles. The Labute approximate surface area is 221 Å². The minimum Gasteiger partial charge on any atom is -0.596 e. The lowest BCUT2D eigenvalue weighted by Gasteiger charge is -2.23. The number of hydrogen-bond donors (Lipinski definition) is 6. The monoisotopic (exact) mass is 526 g/mol. The SMILES string of the molecule is CNC(=O)C(C)NC(=O)C(CNCc1ccccc1B(O)O)NC(=O)C(C)N=C([O-])OCc1ccccc1. The van der Waals surface area contributed by atoms with E-state index in [1.54, 1.807) is 48.5 Å². The van der Waals surface area contributed by atoms with Crippen molar-refractivity contribution in [1.82, 2.24) is 21.3 Å². The average molecular weight is 526 g/mol. The fourth-order valence-corrected chi connectivity index (χ4v) is 3.37. The highest BCUT2D eigenvalue weighted by molar-refractivity contribution is 6.59. The summed E-state index contributed by atoms with van der Waals surface area (Å²) in [5, 5.41) is 41.7. The summed E-state index contributed by atoms with van der Waals surface area (Å²) in [5.74, 6) is -1.77. The lowest BCUT2D eigenvalue weighted by molar-refractivity contribution is -0.252. The minimum absolute atomic E-state index is 0.00610. The molecule has 0 saturated carbocycles. The third-order valence-electron chi connectivity index (χ3n) is 5.51. The van der Waals surface area contributed by atoms with Gasteiger partial charge >= 0.3 is 7.12 Å². The summed E-state index contributed by atoms with van der Waals surface area (Å²) in [6.07, 6.45) is -0.928. The van der Waals surface area contributed by atoms with Crippen molar-refractivity contribution in [2.24, 2.45) is 4.99 Å². The number of carbonyl (C=O) groups is 3.